The zero-order valence-electron chi connectivity index (χ0n) is 16.4. The smallest absolute Gasteiger partial charge is 0.272 e. The van der Waals surface area contributed by atoms with Gasteiger partial charge >= 0.3 is 0 Å². The van der Waals surface area contributed by atoms with E-state index < -0.39 is 0 Å². The molecule has 1 aromatic carbocycles. The van der Waals surface area contributed by atoms with Crippen molar-refractivity contribution in [2.24, 2.45) is 0 Å². The molecule has 9 heteroatoms. The van der Waals surface area contributed by atoms with E-state index in [9.17, 15) is 4.79 Å². The molecule has 1 unspecified atom stereocenters. The Balaban J connectivity index is 0.00000280. The van der Waals surface area contributed by atoms with E-state index in [0.717, 1.165) is 31.5 Å². The van der Waals surface area contributed by atoms with Gasteiger partial charge in [-0.05, 0) is 25.5 Å². The number of hydrogen-bond acceptors (Lipinski definition) is 6. The van der Waals surface area contributed by atoms with E-state index in [2.05, 4.69) is 15.7 Å². The van der Waals surface area contributed by atoms with Gasteiger partial charge in [0.15, 0.2) is 0 Å². The number of aromatic nitrogens is 2. The third-order valence-electron chi connectivity index (χ3n) is 4.73. The summed E-state index contributed by atoms with van der Waals surface area (Å²) in [6.45, 7) is 2.17. The van der Waals surface area contributed by atoms with E-state index in [1.54, 1.807) is 39.5 Å². The highest BCUT2D eigenvalue weighted by molar-refractivity contribution is 5.92. The normalized spacial score (nSPS) is 16.0. The molecule has 2 N–H and O–H groups in total. The molecule has 1 aliphatic heterocycles. The Bertz CT molecular complexity index is 765. The van der Waals surface area contributed by atoms with Crippen LogP contribution in [0.2, 0.25) is 0 Å². The van der Waals surface area contributed by atoms with Crippen molar-refractivity contribution in [3.63, 3.8) is 0 Å². The molecule has 0 saturated carbocycles. The van der Waals surface area contributed by atoms with Crippen LogP contribution in [0.25, 0.3) is 0 Å². The number of amides is 1. The molecule has 154 valence electrons. The first-order valence-electron chi connectivity index (χ1n) is 8.99. The maximum atomic E-state index is 12.5. The van der Waals surface area contributed by atoms with Gasteiger partial charge in [0.2, 0.25) is 0 Å². The van der Waals surface area contributed by atoms with E-state index >= 15 is 0 Å². The summed E-state index contributed by atoms with van der Waals surface area (Å²) in [7, 11) is 4.71. The molecule has 0 radical (unpaired) electrons. The summed E-state index contributed by atoms with van der Waals surface area (Å²) < 4.78 is 17.9. The highest BCUT2D eigenvalue weighted by atomic mass is 35.5. The van der Waals surface area contributed by atoms with Crippen LogP contribution in [0.15, 0.2) is 24.4 Å². The maximum Gasteiger partial charge on any atom is 0.272 e. The number of ether oxygens (including phenoxy) is 3. The quantitative estimate of drug-likeness (QED) is 0.727. The van der Waals surface area contributed by atoms with Crippen molar-refractivity contribution in [2.75, 3.05) is 34.4 Å². The predicted octanol–water partition coefficient (Wildman–Crippen LogP) is 2.19. The van der Waals surface area contributed by atoms with E-state index in [1.807, 2.05) is 10.9 Å². The number of benzene rings is 1. The Kier molecular flexibility index (Phi) is 7.95. The summed E-state index contributed by atoms with van der Waals surface area (Å²) in [5.74, 6) is 1.56. The number of methoxy groups -OCH3 is 3. The average molecular weight is 411 g/mol. The number of nitrogens with one attached hydrogen (secondary N) is 2. The molecular formula is C19H27ClN4O4. The fourth-order valence-electron chi connectivity index (χ4n) is 3.23. The Morgan fingerprint density at radius 1 is 1.25 bits per heavy atom. The molecule has 1 atom stereocenters. The molecule has 1 aromatic heterocycles. The Morgan fingerprint density at radius 2 is 1.96 bits per heavy atom. The van der Waals surface area contributed by atoms with Gasteiger partial charge in [-0.2, -0.15) is 5.10 Å². The van der Waals surface area contributed by atoms with Crippen LogP contribution in [0.1, 0.15) is 34.9 Å². The van der Waals surface area contributed by atoms with Crippen LogP contribution in [-0.2, 0) is 6.54 Å². The number of halogens is 1. The topological polar surface area (TPSA) is 86.6 Å². The molecule has 2 aromatic rings. The lowest BCUT2D eigenvalue weighted by atomic mass is 10.1. The van der Waals surface area contributed by atoms with Crippen LogP contribution in [0.3, 0.4) is 0 Å². The van der Waals surface area contributed by atoms with Crippen molar-refractivity contribution in [1.29, 1.82) is 0 Å². The monoisotopic (exact) mass is 410 g/mol. The molecule has 0 aliphatic carbocycles. The standard InChI is InChI=1S/C19H26N4O4.ClH/c1-25-14-9-17(26-2)15(18(10-14)27-3)12-21-19(24)16-6-8-23(22-16)13-5-4-7-20-11-13;/h6,8-10,13,20H,4-5,7,11-12H2,1-3H3,(H,21,24);1H. The summed E-state index contributed by atoms with van der Waals surface area (Å²) in [6.07, 6.45) is 4.04. The van der Waals surface area contributed by atoms with Gasteiger partial charge in [-0.15, -0.1) is 12.4 Å². The van der Waals surface area contributed by atoms with Gasteiger partial charge in [0, 0.05) is 24.9 Å². The lowest BCUT2D eigenvalue weighted by molar-refractivity contribution is 0.0944. The fourth-order valence-corrected chi connectivity index (χ4v) is 3.23. The molecule has 3 rings (SSSR count). The number of carbonyl (C=O) groups is 1. The Hall–Kier alpha value is -2.45. The van der Waals surface area contributed by atoms with E-state index in [1.165, 1.54) is 0 Å². The summed E-state index contributed by atoms with van der Waals surface area (Å²) in [5, 5.41) is 10.7. The molecule has 0 spiro atoms. The highest BCUT2D eigenvalue weighted by Crippen LogP contribution is 2.33. The number of nitrogens with zero attached hydrogens (tertiary/aromatic N) is 2. The first-order valence-corrected chi connectivity index (χ1v) is 8.99. The SMILES string of the molecule is COc1cc(OC)c(CNC(=O)c2ccn(C3CCCNC3)n2)c(OC)c1.Cl. The van der Waals surface area contributed by atoms with Crippen LogP contribution < -0.4 is 24.8 Å². The molecule has 28 heavy (non-hydrogen) atoms. The van der Waals surface area contributed by atoms with Crippen molar-refractivity contribution in [2.45, 2.75) is 25.4 Å². The van der Waals surface area contributed by atoms with Crippen LogP contribution in [-0.4, -0.2) is 50.1 Å². The zero-order chi connectivity index (χ0) is 19.2. The highest BCUT2D eigenvalue weighted by Gasteiger charge is 2.19. The second-order valence-electron chi connectivity index (χ2n) is 6.37. The van der Waals surface area contributed by atoms with Gasteiger partial charge in [0.25, 0.3) is 5.91 Å². The molecular weight excluding hydrogens is 384 g/mol. The van der Waals surface area contributed by atoms with Crippen LogP contribution in [0.5, 0.6) is 17.2 Å². The lowest BCUT2D eigenvalue weighted by Gasteiger charge is -2.22. The fraction of sp³-hybridized carbons (Fsp3) is 0.474. The van der Waals surface area contributed by atoms with Gasteiger partial charge in [0.05, 0.1) is 39.5 Å². The number of piperidine rings is 1. The molecule has 0 bridgehead atoms. The van der Waals surface area contributed by atoms with E-state index in [-0.39, 0.29) is 24.9 Å². The minimum atomic E-state index is -0.238. The second-order valence-corrected chi connectivity index (χ2v) is 6.37. The Morgan fingerprint density at radius 3 is 2.54 bits per heavy atom. The van der Waals surface area contributed by atoms with E-state index in [0.29, 0.717) is 29.0 Å². The molecule has 1 amide bonds. The number of rotatable bonds is 7. The first-order chi connectivity index (χ1) is 13.2. The summed E-state index contributed by atoms with van der Waals surface area (Å²) in [5.41, 5.74) is 1.14. The molecule has 2 heterocycles. The van der Waals surface area contributed by atoms with Crippen molar-refractivity contribution in [3.05, 3.63) is 35.7 Å². The van der Waals surface area contributed by atoms with Crippen molar-refractivity contribution in [3.8, 4) is 17.2 Å². The number of carbonyl (C=O) groups excluding carboxylic acids is 1. The zero-order valence-corrected chi connectivity index (χ0v) is 17.2. The van der Waals surface area contributed by atoms with Gasteiger partial charge in [0.1, 0.15) is 22.9 Å². The lowest BCUT2D eigenvalue weighted by Crippen LogP contribution is -2.32. The predicted molar refractivity (Wildman–Crippen MR) is 108 cm³/mol. The van der Waals surface area contributed by atoms with Gasteiger partial charge in [-0.25, -0.2) is 0 Å². The summed E-state index contributed by atoms with van der Waals surface area (Å²) in [4.78, 5) is 12.5. The molecule has 8 nitrogen and oxygen atoms in total. The van der Waals surface area contributed by atoms with Crippen LogP contribution in [0.4, 0.5) is 0 Å². The summed E-state index contributed by atoms with van der Waals surface area (Å²) in [6, 6.07) is 5.55. The average Bonchev–Trinajstić information content (AvgIpc) is 3.22. The van der Waals surface area contributed by atoms with Gasteiger partial charge in [-0.1, -0.05) is 0 Å². The summed E-state index contributed by atoms with van der Waals surface area (Å²) >= 11 is 0. The first kappa shape index (κ1) is 21.8. The second kappa shape index (κ2) is 10.2. The van der Waals surface area contributed by atoms with Gasteiger partial charge < -0.3 is 24.8 Å². The van der Waals surface area contributed by atoms with Gasteiger partial charge in [-0.3, -0.25) is 9.48 Å². The van der Waals surface area contributed by atoms with Crippen LogP contribution in [0, 0.1) is 0 Å². The Labute approximate surface area is 170 Å². The maximum absolute atomic E-state index is 12.5. The number of hydrogen-bond donors (Lipinski definition) is 2. The molecule has 1 fully saturated rings. The van der Waals surface area contributed by atoms with Crippen LogP contribution >= 0.6 is 12.4 Å². The van der Waals surface area contributed by atoms with Crippen molar-refractivity contribution >= 4 is 18.3 Å². The third kappa shape index (κ3) is 4.88. The van der Waals surface area contributed by atoms with Crippen molar-refractivity contribution in [1.82, 2.24) is 20.4 Å². The minimum Gasteiger partial charge on any atom is -0.496 e. The molecule has 1 aliphatic rings. The largest absolute Gasteiger partial charge is 0.496 e. The van der Waals surface area contributed by atoms with E-state index in [4.69, 9.17) is 14.2 Å². The minimum absolute atomic E-state index is 0. The molecule has 1 saturated heterocycles. The third-order valence-corrected chi connectivity index (χ3v) is 4.73. The van der Waals surface area contributed by atoms with Crippen molar-refractivity contribution < 1.29 is 19.0 Å².